The molecule has 3 aromatic carbocycles. The molecule has 4 bridgehead atoms. The maximum atomic E-state index is 14.7. The number of pyridine rings is 1. The molecule has 0 unspecified atom stereocenters. The van der Waals surface area contributed by atoms with Crippen LogP contribution in [0.15, 0.2) is 72.8 Å². The molecular weight excluding hydrogens is 825 g/mol. The summed E-state index contributed by atoms with van der Waals surface area (Å²) in [7, 11) is 1.49. The van der Waals surface area contributed by atoms with Crippen LogP contribution in [0.25, 0.3) is 22.4 Å². The van der Waals surface area contributed by atoms with Gasteiger partial charge in [0.15, 0.2) is 17.3 Å². The van der Waals surface area contributed by atoms with E-state index in [-0.39, 0.29) is 94.0 Å². The Balaban J connectivity index is 1.55. The molecule has 0 fully saturated rings. The first-order valence-electron chi connectivity index (χ1n) is 22.0. The van der Waals surface area contributed by atoms with Gasteiger partial charge >= 0.3 is 0 Å². The van der Waals surface area contributed by atoms with E-state index < -0.39 is 47.3 Å². The maximum absolute atomic E-state index is 14.7. The van der Waals surface area contributed by atoms with Gasteiger partial charge < -0.3 is 42.6 Å². The van der Waals surface area contributed by atoms with Crippen LogP contribution in [0.5, 0.6) is 11.5 Å². The van der Waals surface area contributed by atoms with Crippen LogP contribution in [0.4, 0.5) is 5.82 Å². The summed E-state index contributed by atoms with van der Waals surface area (Å²) in [4.78, 5) is 76.5. The smallest absolute Gasteiger partial charge is 0.226 e. The summed E-state index contributed by atoms with van der Waals surface area (Å²) < 4.78 is 12.2. The zero-order valence-electron chi connectivity index (χ0n) is 38.0. The Morgan fingerprint density at radius 1 is 0.892 bits per heavy atom. The van der Waals surface area contributed by atoms with Crippen LogP contribution >= 0.6 is 0 Å². The minimum atomic E-state index is -1.25. The third-order valence-electron chi connectivity index (χ3n) is 11.6. The van der Waals surface area contributed by atoms with Crippen molar-refractivity contribution in [3.8, 4) is 40.0 Å². The van der Waals surface area contributed by atoms with Gasteiger partial charge in [-0.25, -0.2) is 4.98 Å². The lowest BCUT2D eigenvalue weighted by Gasteiger charge is -2.32. The van der Waals surface area contributed by atoms with E-state index in [1.807, 2.05) is 36.4 Å². The van der Waals surface area contributed by atoms with Crippen LogP contribution in [0.1, 0.15) is 92.9 Å². The molecule has 344 valence electrons. The molecule has 1 aliphatic heterocycles. The second-order valence-electron chi connectivity index (χ2n) is 17.5. The molecule has 1 aliphatic rings. The Morgan fingerprint density at radius 2 is 1.54 bits per heavy atom. The number of ketones is 3. The highest BCUT2D eigenvalue weighted by atomic mass is 16.5. The molecule has 0 saturated carbocycles. The van der Waals surface area contributed by atoms with E-state index in [2.05, 4.69) is 31.1 Å². The molecular formula is C50H62N8O7. The molecule has 5 rings (SSSR count). The number of nitrogens with two attached hydrogens (primary N) is 4. The summed E-state index contributed by atoms with van der Waals surface area (Å²) >= 11 is 0. The third kappa shape index (κ3) is 12.4. The second kappa shape index (κ2) is 22.4. The normalized spacial score (nSPS) is 16.9. The molecule has 9 N–H and O–H groups in total. The highest BCUT2D eigenvalue weighted by Crippen LogP contribution is 2.41. The monoisotopic (exact) mass is 886 g/mol. The topological polar surface area (TPSA) is 260 Å². The maximum Gasteiger partial charge on any atom is 0.226 e. The molecule has 2 amide bonds. The van der Waals surface area contributed by atoms with E-state index in [9.17, 15) is 29.2 Å². The van der Waals surface area contributed by atoms with Crippen molar-refractivity contribution in [1.29, 1.82) is 5.26 Å². The average molecular weight is 887 g/mol. The first kappa shape index (κ1) is 49.5. The Labute approximate surface area is 381 Å². The van der Waals surface area contributed by atoms with E-state index in [0.29, 0.717) is 39.4 Å². The van der Waals surface area contributed by atoms with E-state index >= 15 is 0 Å². The van der Waals surface area contributed by atoms with Gasteiger partial charge in [-0.15, -0.1) is 0 Å². The van der Waals surface area contributed by atoms with Crippen molar-refractivity contribution in [1.82, 2.24) is 15.2 Å². The highest BCUT2D eigenvalue weighted by molar-refractivity contribution is 6.03. The zero-order chi connectivity index (χ0) is 47.4. The van der Waals surface area contributed by atoms with Crippen LogP contribution < -0.4 is 37.7 Å². The summed E-state index contributed by atoms with van der Waals surface area (Å²) in [5.41, 5.74) is 29.0. The fraction of sp³-hybridized carbons (Fsp3) is 0.420. The molecule has 0 saturated heterocycles. The number of ether oxygens (including phenoxy) is 2. The largest absolute Gasteiger partial charge is 0.492 e. The summed E-state index contributed by atoms with van der Waals surface area (Å²) in [5, 5.41) is 12.1. The Morgan fingerprint density at radius 3 is 2.14 bits per heavy atom. The van der Waals surface area contributed by atoms with Gasteiger partial charge in [0.2, 0.25) is 11.8 Å². The number of fused-ring (bicyclic) bond motifs is 5. The standard InChI is InChI=1S/C50H62N8O7/c1-30-25-43(61)46(58(5)49(63)34(18-20-52)29-42(60)36-14-15-39(56-47(36)55)32-9-12-35(13-10-32)50(2,3)4)33-11-17-45(65-24-22-54)38(28-33)37-26-31(8-16-44(37)64-23-21-53)27-40(57-48(30)62)41(59)7-6-19-51/h8-17,26,28,30,34,40,46H,6-7,18,20-25,27,29,52-54H2,1-5H3,(H2,55,56)(H,57,62)/t30-,34-,40+,46+/m1/s1. The van der Waals surface area contributed by atoms with Crippen LogP contribution in [-0.2, 0) is 31.0 Å². The fourth-order valence-electron chi connectivity index (χ4n) is 7.99. The predicted molar refractivity (Wildman–Crippen MR) is 250 cm³/mol. The molecule has 2 heterocycles. The van der Waals surface area contributed by atoms with Crippen LogP contribution in [-0.4, -0.2) is 85.0 Å². The van der Waals surface area contributed by atoms with Crippen molar-refractivity contribution >= 4 is 35.0 Å². The number of nitrogens with zero attached hydrogens (tertiary/aromatic N) is 3. The van der Waals surface area contributed by atoms with Crippen molar-refractivity contribution in [2.45, 2.75) is 83.7 Å². The number of hydrogen-bond donors (Lipinski definition) is 5. The minimum Gasteiger partial charge on any atom is -0.492 e. The van der Waals surface area contributed by atoms with Crippen LogP contribution in [0.2, 0.25) is 0 Å². The number of amides is 2. The minimum absolute atomic E-state index is 0.0190. The molecule has 0 aliphatic carbocycles. The molecule has 0 radical (unpaired) electrons. The molecule has 15 nitrogen and oxygen atoms in total. The van der Waals surface area contributed by atoms with Crippen molar-refractivity contribution in [2.75, 3.05) is 45.6 Å². The summed E-state index contributed by atoms with van der Waals surface area (Å²) in [6.07, 6.45) is -0.477. The number of carbonyl (C=O) groups is 5. The van der Waals surface area contributed by atoms with Gasteiger partial charge in [0.1, 0.15) is 36.6 Å². The van der Waals surface area contributed by atoms with Gasteiger partial charge in [0.25, 0.3) is 0 Å². The molecule has 1 aromatic heterocycles. The average Bonchev–Trinajstić information content (AvgIpc) is 3.28. The van der Waals surface area contributed by atoms with E-state index in [0.717, 1.165) is 11.1 Å². The van der Waals surface area contributed by atoms with Crippen molar-refractivity contribution in [2.24, 2.45) is 29.0 Å². The number of likely N-dealkylation sites (N-methyl/N-ethyl adjacent to an activating group) is 1. The quantitative estimate of drug-likeness (QED) is 0.0854. The first-order valence-corrected chi connectivity index (χ1v) is 22.0. The Bertz CT molecular complexity index is 2410. The summed E-state index contributed by atoms with van der Waals surface area (Å²) in [5.74, 6) is -3.31. The fourth-order valence-corrected chi connectivity index (χ4v) is 7.99. The number of aromatic nitrogens is 1. The van der Waals surface area contributed by atoms with Crippen LogP contribution in [0.3, 0.4) is 0 Å². The lowest BCUT2D eigenvalue weighted by Crippen LogP contribution is -2.46. The molecule has 0 spiro atoms. The van der Waals surface area contributed by atoms with E-state index in [1.54, 1.807) is 49.4 Å². The Kier molecular flexibility index (Phi) is 17.1. The number of carbonyl (C=O) groups excluding carboxylic acids is 5. The number of nitrogens with one attached hydrogen (secondary N) is 1. The predicted octanol–water partition coefficient (Wildman–Crippen LogP) is 5.22. The molecule has 4 atom stereocenters. The first-order chi connectivity index (χ1) is 31.0. The van der Waals surface area contributed by atoms with E-state index in [1.165, 1.54) is 11.9 Å². The number of hydrogen-bond acceptors (Lipinski definition) is 13. The van der Waals surface area contributed by atoms with Gasteiger partial charge in [-0.1, -0.05) is 64.1 Å². The number of rotatable bonds is 17. The second-order valence-corrected chi connectivity index (χ2v) is 17.5. The number of nitrogen functional groups attached to an aromatic ring is 1. The van der Waals surface area contributed by atoms with Gasteiger partial charge in [-0.3, -0.25) is 24.0 Å². The Hall–Kier alpha value is -6.47. The van der Waals surface area contributed by atoms with Gasteiger partial charge in [0.05, 0.1) is 23.4 Å². The SMILES string of the molecule is C[C@@H]1CC(=O)[C@@H](N(C)C(=O)[C@H](CCN)CC(=O)c2ccc(-c3ccc(C(C)(C)C)cc3)nc2N)c2ccc(OCCN)c(c2)-c2cc(ccc2OCCN)C[C@@H](C(=O)CCC#N)NC1=O. The van der Waals surface area contributed by atoms with Gasteiger partial charge in [-0.2, -0.15) is 5.26 Å². The van der Waals surface area contributed by atoms with E-state index in [4.69, 9.17) is 32.4 Å². The molecule has 15 heteroatoms. The van der Waals surface area contributed by atoms with Gasteiger partial charge in [-0.05, 0) is 77.9 Å². The highest BCUT2D eigenvalue weighted by Gasteiger charge is 2.36. The number of benzene rings is 3. The lowest BCUT2D eigenvalue weighted by molar-refractivity contribution is -0.142. The third-order valence-corrected chi connectivity index (χ3v) is 11.6. The number of nitriles is 1. The van der Waals surface area contributed by atoms with Gasteiger partial charge in [0, 0.05) is 74.3 Å². The lowest BCUT2D eigenvalue weighted by atomic mass is 9.86. The van der Waals surface area contributed by atoms with Crippen LogP contribution in [0, 0.1) is 23.2 Å². The molecule has 4 aromatic rings. The number of Topliss-reactive ketones (excluding diaryl/α,β-unsaturated/α-hetero) is 3. The summed E-state index contributed by atoms with van der Waals surface area (Å²) in [6.45, 7) is 8.79. The molecule has 65 heavy (non-hydrogen) atoms. The zero-order valence-corrected chi connectivity index (χ0v) is 38.0. The van der Waals surface area contributed by atoms with Crippen molar-refractivity contribution in [3.63, 3.8) is 0 Å². The number of anilines is 1. The van der Waals surface area contributed by atoms with Crippen molar-refractivity contribution in [3.05, 3.63) is 95.1 Å². The van der Waals surface area contributed by atoms with Crippen molar-refractivity contribution < 1.29 is 33.4 Å². The summed E-state index contributed by atoms with van der Waals surface area (Å²) in [6, 6.07) is 21.5.